The smallest absolute Gasteiger partial charge is 0.180 e. The predicted molar refractivity (Wildman–Crippen MR) is 74.0 cm³/mol. The second kappa shape index (κ2) is 7.17. The largest absolute Gasteiger partial charge is 0.392 e. The van der Waals surface area contributed by atoms with Crippen LogP contribution in [-0.4, -0.2) is 38.8 Å². The number of benzene rings is 1. The number of aliphatic hydroxyl groups excluding tert-OH is 1. The maximum Gasteiger partial charge on any atom is 0.180 e. The van der Waals surface area contributed by atoms with Crippen LogP contribution in [0, 0.1) is 0 Å². The number of rotatable bonds is 6. The van der Waals surface area contributed by atoms with Gasteiger partial charge in [0.2, 0.25) is 0 Å². The highest BCUT2D eigenvalue weighted by molar-refractivity contribution is 7.91. The lowest BCUT2D eigenvalue weighted by molar-refractivity contribution is -0.158. The fourth-order valence-electron chi connectivity index (χ4n) is 2.09. The van der Waals surface area contributed by atoms with Crippen LogP contribution in [0.2, 0.25) is 0 Å². The first-order valence-corrected chi connectivity index (χ1v) is 8.43. The van der Waals surface area contributed by atoms with Crippen LogP contribution >= 0.6 is 0 Å². The Morgan fingerprint density at radius 2 is 2.20 bits per heavy atom. The Kier molecular flexibility index (Phi) is 5.54. The lowest BCUT2D eigenvalue weighted by atomic mass is 10.2. The lowest BCUT2D eigenvalue weighted by Gasteiger charge is -2.22. The third-order valence-corrected chi connectivity index (χ3v) is 4.91. The van der Waals surface area contributed by atoms with Gasteiger partial charge in [0.05, 0.1) is 23.9 Å². The van der Waals surface area contributed by atoms with Crippen molar-refractivity contribution in [3.05, 3.63) is 29.8 Å². The van der Waals surface area contributed by atoms with E-state index >= 15 is 0 Å². The summed E-state index contributed by atoms with van der Waals surface area (Å²) in [5, 5.41) is 9.04. The molecule has 2 rings (SSSR count). The molecule has 0 spiro atoms. The lowest BCUT2D eigenvalue weighted by Crippen LogP contribution is -2.25. The summed E-state index contributed by atoms with van der Waals surface area (Å²) in [7, 11) is -3.39. The third-order valence-electron chi connectivity index (χ3n) is 3.23. The van der Waals surface area contributed by atoms with E-state index in [-0.39, 0.29) is 30.2 Å². The van der Waals surface area contributed by atoms with E-state index in [4.69, 9.17) is 14.6 Å². The molecular weight excluding hydrogens is 280 g/mol. The SMILES string of the molecule is O=S(=O)(CCOC1CCCCO1)c1cccc(CO)c1. The van der Waals surface area contributed by atoms with Crippen LogP contribution in [0.5, 0.6) is 0 Å². The summed E-state index contributed by atoms with van der Waals surface area (Å²) in [6.45, 7) is 0.627. The summed E-state index contributed by atoms with van der Waals surface area (Å²) in [4.78, 5) is 0.220. The third kappa shape index (κ3) is 4.28. The molecule has 1 fully saturated rings. The van der Waals surface area contributed by atoms with Gasteiger partial charge >= 0.3 is 0 Å². The van der Waals surface area contributed by atoms with Crippen LogP contribution < -0.4 is 0 Å². The molecule has 1 heterocycles. The monoisotopic (exact) mass is 300 g/mol. The Balaban J connectivity index is 1.89. The second-order valence-electron chi connectivity index (χ2n) is 4.79. The zero-order valence-corrected chi connectivity index (χ0v) is 12.1. The van der Waals surface area contributed by atoms with Crippen molar-refractivity contribution >= 4 is 9.84 Å². The van der Waals surface area contributed by atoms with Crippen molar-refractivity contribution in [2.75, 3.05) is 19.0 Å². The maximum atomic E-state index is 12.1. The minimum atomic E-state index is -3.39. The highest BCUT2D eigenvalue weighted by atomic mass is 32.2. The van der Waals surface area contributed by atoms with Crippen LogP contribution in [0.15, 0.2) is 29.2 Å². The molecule has 0 bridgehead atoms. The van der Waals surface area contributed by atoms with E-state index < -0.39 is 9.84 Å². The van der Waals surface area contributed by atoms with Gasteiger partial charge in [0.1, 0.15) is 0 Å². The number of hydrogen-bond acceptors (Lipinski definition) is 5. The van der Waals surface area contributed by atoms with Gasteiger partial charge in [-0.1, -0.05) is 12.1 Å². The van der Waals surface area contributed by atoms with Gasteiger partial charge in [0, 0.05) is 6.61 Å². The van der Waals surface area contributed by atoms with Crippen molar-refractivity contribution in [2.45, 2.75) is 37.1 Å². The van der Waals surface area contributed by atoms with Gasteiger partial charge in [0.25, 0.3) is 0 Å². The van der Waals surface area contributed by atoms with E-state index in [0.717, 1.165) is 19.3 Å². The van der Waals surface area contributed by atoms with Crippen molar-refractivity contribution in [1.29, 1.82) is 0 Å². The van der Waals surface area contributed by atoms with Crippen LogP contribution in [0.3, 0.4) is 0 Å². The fraction of sp³-hybridized carbons (Fsp3) is 0.571. The number of aliphatic hydroxyl groups is 1. The Bertz CT molecular complexity index is 520. The summed E-state index contributed by atoms with van der Waals surface area (Å²) >= 11 is 0. The van der Waals surface area contributed by atoms with E-state index in [2.05, 4.69) is 0 Å². The van der Waals surface area contributed by atoms with E-state index in [0.29, 0.717) is 12.2 Å². The van der Waals surface area contributed by atoms with Crippen LogP contribution in [0.4, 0.5) is 0 Å². The van der Waals surface area contributed by atoms with Gasteiger partial charge in [-0.3, -0.25) is 0 Å². The molecule has 0 saturated carbocycles. The van der Waals surface area contributed by atoms with E-state index in [9.17, 15) is 8.42 Å². The van der Waals surface area contributed by atoms with Gasteiger partial charge in [-0.05, 0) is 37.0 Å². The molecule has 1 aliphatic heterocycles. The topological polar surface area (TPSA) is 72.8 Å². The van der Waals surface area contributed by atoms with Crippen molar-refractivity contribution < 1.29 is 23.0 Å². The summed E-state index contributed by atoms with van der Waals surface area (Å²) < 4.78 is 35.1. The van der Waals surface area contributed by atoms with Crippen LogP contribution in [0.1, 0.15) is 24.8 Å². The summed E-state index contributed by atoms with van der Waals surface area (Å²) in [5.74, 6) is -0.0816. The molecule has 1 aromatic rings. The normalized spacial score (nSPS) is 19.9. The van der Waals surface area contributed by atoms with E-state index in [1.807, 2.05) is 0 Å². The number of sulfone groups is 1. The highest BCUT2D eigenvalue weighted by Crippen LogP contribution is 2.16. The van der Waals surface area contributed by atoms with Gasteiger partial charge in [0.15, 0.2) is 16.1 Å². The van der Waals surface area contributed by atoms with Crippen LogP contribution in [0.25, 0.3) is 0 Å². The van der Waals surface area contributed by atoms with Gasteiger partial charge in [-0.15, -0.1) is 0 Å². The summed E-state index contributed by atoms with van der Waals surface area (Å²) in [6.07, 6.45) is 2.63. The van der Waals surface area contributed by atoms with Gasteiger partial charge in [-0.25, -0.2) is 8.42 Å². The molecule has 20 heavy (non-hydrogen) atoms. The van der Waals surface area contributed by atoms with Crippen molar-refractivity contribution in [2.24, 2.45) is 0 Å². The quantitative estimate of drug-likeness (QED) is 0.862. The first-order chi connectivity index (χ1) is 9.62. The highest BCUT2D eigenvalue weighted by Gasteiger charge is 2.18. The second-order valence-corrected chi connectivity index (χ2v) is 6.90. The Morgan fingerprint density at radius 3 is 2.90 bits per heavy atom. The first-order valence-electron chi connectivity index (χ1n) is 6.77. The molecule has 0 aromatic heterocycles. The number of hydrogen-bond donors (Lipinski definition) is 1. The zero-order chi connectivity index (χ0) is 14.4. The van der Waals surface area contributed by atoms with Gasteiger partial charge in [-0.2, -0.15) is 0 Å². The molecule has 1 aromatic carbocycles. The molecular formula is C14H20O5S. The predicted octanol–water partition coefficient (Wildman–Crippen LogP) is 1.50. The standard InChI is InChI=1S/C14H20O5S/c15-11-12-4-3-5-13(10-12)20(16,17)9-8-19-14-6-1-2-7-18-14/h3-5,10,14-15H,1-2,6-9,11H2. The molecule has 0 aliphatic carbocycles. The molecule has 1 unspecified atom stereocenters. The molecule has 1 saturated heterocycles. The number of ether oxygens (including phenoxy) is 2. The van der Waals surface area contributed by atoms with Crippen molar-refractivity contribution in [3.8, 4) is 0 Å². The van der Waals surface area contributed by atoms with Gasteiger partial charge < -0.3 is 14.6 Å². The summed E-state index contributed by atoms with van der Waals surface area (Å²) in [6, 6.07) is 6.34. The summed E-state index contributed by atoms with van der Waals surface area (Å²) in [5.41, 5.74) is 0.586. The zero-order valence-electron chi connectivity index (χ0n) is 11.3. The molecule has 0 amide bonds. The molecule has 1 atom stereocenters. The average molecular weight is 300 g/mol. The van der Waals surface area contributed by atoms with Crippen LogP contribution in [-0.2, 0) is 25.9 Å². The Hall–Kier alpha value is -0.950. The molecule has 112 valence electrons. The fourth-order valence-corrected chi connectivity index (χ4v) is 3.26. The van der Waals surface area contributed by atoms with Crippen molar-refractivity contribution in [3.63, 3.8) is 0 Å². The molecule has 1 N–H and O–H groups in total. The maximum absolute atomic E-state index is 12.1. The Morgan fingerprint density at radius 1 is 1.35 bits per heavy atom. The molecule has 0 radical (unpaired) electrons. The van der Waals surface area contributed by atoms with E-state index in [1.54, 1.807) is 12.1 Å². The van der Waals surface area contributed by atoms with Crippen molar-refractivity contribution in [1.82, 2.24) is 0 Å². The first kappa shape index (κ1) is 15.4. The average Bonchev–Trinajstić information content (AvgIpc) is 2.48. The Labute approximate surface area is 119 Å². The van der Waals surface area contributed by atoms with E-state index in [1.165, 1.54) is 12.1 Å². The minimum absolute atomic E-state index is 0.0816. The minimum Gasteiger partial charge on any atom is -0.392 e. The molecule has 6 heteroatoms. The molecule has 1 aliphatic rings. The molecule has 5 nitrogen and oxygen atoms in total.